The van der Waals surface area contributed by atoms with Crippen LogP contribution in [0.2, 0.25) is 0 Å². The van der Waals surface area contributed by atoms with Crippen molar-refractivity contribution in [2.75, 3.05) is 55.2 Å². The SMILES string of the molecule is Nc1ncnc2c1c(-c1ccc(Oc3ccccc3)cc1)nn2C1CCN(C2CN(C3CN(c4ccc(NC5CCC(=O)NC5=O)cc4F)C3)C2)CC1. The van der Waals surface area contributed by atoms with Crippen molar-refractivity contribution in [3.8, 4) is 22.8 Å². The van der Waals surface area contributed by atoms with Crippen molar-refractivity contribution in [3.05, 3.63) is 84.9 Å². The molecule has 0 saturated carbocycles. The van der Waals surface area contributed by atoms with Crippen LogP contribution in [0, 0.1) is 5.82 Å². The van der Waals surface area contributed by atoms with E-state index in [2.05, 4.69) is 40.0 Å². The number of carbonyl (C=O) groups excluding carboxylic acids is 2. The number of nitrogens with zero attached hydrogens (tertiary/aromatic N) is 7. The van der Waals surface area contributed by atoms with E-state index in [0.717, 1.165) is 85.9 Å². The number of benzene rings is 3. The highest BCUT2D eigenvalue weighted by Gasteiger charge is 2.42. The van der Waals surface area contributed by atoms with E-state index in [1.807, 2.05) is 54.6 Å². The van der Waals surface area contributed by atoms with Gasteiger partial charge in [-0.1, -0.05) is 18.2 Å². The van der Waals surface area contributed by atoms with Gasteiger partial charge in [-0.3, -0.25) is 24.7 Å². The number of halogens is 1. The molecule has 4 fully saturated rings. The van der Waals surface area contributed by atoms with Crippen molar-refractivity contribution >= 4 is 40.0 Å². The van der Waals surface area contributed by atoms with E-state index in [-0.39, 0.29) is 30.1 Å². The van der Waals surface area contributed by atoms with Crippen LogP contribution in [0.5, 0.6) is 11.5 Å². The molecule has 2 aromatic heterocycles. The highest BCUT2D eigenvalue weighted by Crippen LogP contribution is 2.37. The molecule has 4 aliphatic heterocycles. The van der Waals surface area contributed by atoms with Crippen LogP contribution in [0.3, 0.4) is 0 Å². The molecule has 6 heterocycles. The van der Waals surface area contributed by atoms with Gasteiger partial charge in [0.1, 0.15) is 41.2 Å². The second-order valence-corrected chi connectivity index (χ2v) is 14.4. The van der Waals surface area contributed by atoms with Crippen LogP contribution >= 0.6 is 0 Å². The highest BCUT2D eigenvalue weighted by molar-refractivity contribution is 6.01. The van der Waals surface area contributed by atoms with Gasteiger partial charge >= 0.3 is 0 Å². The number of ether oxygens (including phenoxy) is 1. The zero-order chi connectivity index (χ0) is 36.1. The number of nitrogens with two attached hydrogens (primary N) is 1. The summed E-state index contributed by atoms with van der Waals surface area (Å²) in [4.78, 5) is 39.6. The number of carbonyl (C=O) groups is 2. The van der Waals surface area contributed by atoms with Crippen LogP contribution in [0.1, 0.15) is 31.7 Å². The minimum Gasteiger partial charge on any atom is -0.457 e. The smallest absolute Gasteiger partial charge is 0.249 e. The molecule has 0 aliphatic carbocycles. The maximum absolute atomic E-state index is 15.1. The Morgan fingerprint density at radius 3 is 2.30 bits per heavy atom. The lowest BCUT2D eigenvalue weighted by molar-refractivity contribution is -0.133. The number of nitrogens with one attached hydrogen (secondary N) is 2. The predicted molar refractivity (Wildman–Crippen MR) is 199 cm³/mol. The summed E-state index contributed by atoms with van der Waals surface area (Å²) >= 11 is 0. The van der Waals surface area contributed by atoms with Crippen LogP contribution in [0.15, 0.2) is 79.1 Å². The van der Waals surface area contributed by atoms with Crippen molar-refractivity contribution in [1.82, 2.24) is 34.9 Å². The molecule has 4 saturated heterocycles. The molecular weight excluding hydrogens is 675 g/mol. The summed E-state index contributed by atoms with van der Waals surface area (Å²) in [6, 6.07) is 23.2. The lowest BCUT2D eigenvalue weighted by Gasteiger charge is -2.55. The van der Waals surface area contributed by atoms with Crippen molar-refractivity contribution < 1.29 is 18.7 Å². The third-order valence-corrected chi connectivity index (χ3v) is 11.1. The first-order valence-corrected chi connectivity index (χ1v) is 18.3. The Kier molecular flexibility index (Phi) is 8.63. The van der Waals surface area contributed by atoms with Crippen LogP contribution in [0.4, 0.5) is 21.6 Å². The van der Waals surface area contributed by atoms with Gasteiger partial charge in [-0.15, -0.1) is 0 Å². The summed E-state index contributed by atoms with van der Waals surface area (Å²) in [6.45, 7) is 5.56. The first kappa shape index (κ1) is 33.3. The van der Waals surface area contributed by atoms with Crippen molar-refractivity contribution in [2.45, 2.75) is 49.9 Å². The fraction of sp³-hybridized carbons (Fsp3) is 0.359. The molecule has 1 atom stereocenters. The third kappa shape index (κ3) is 6.52. The first-order chi connectivity index (χ1) is 25.9. The zero-order valence-electron chi connectivity index (χ0n) is 29.2. The maximum atomic E-state index is 15.1. The van der Waals surface area contributed by atoms with Crippen molar-refractivity contribution in [1.29, 1.82) is 0 Å². The maximum Gasteiger partial charge on any atom is 0.249 e. The van der Waals surface area contributed by atoms with Gasteiger partial charge in [-0.25, -0.2) is 19.0 Å². The molecule has 272 valence electrons. The van der Waals surface area contributed by atoms with Gasteiger partial charge in [0, 0.05) is 69.0 Å². The first-order valence-electron chi connectivity index (χ1n) is 18.3. The minimum absolute atomic E-state index is 0.203. The Morgan fingerprint density at radius 1 is 0.830 bits per heavy atom. The van der Waals surface area contributed by atoms with Gasteiger partial charge in [-0.05, 0) is 73.9 Å². The second-order valence-electron chi connectivity index (χ2n) is 14.4. The fourth-order valence-electron chi connectivity index (χ4n) is 8.04. The number of fused-ring (bicyclic) bond motifs is 1. The van der Waals surface area contributed by atoms with Gasteiger partial charge in [0.2, 0.25) is 11.8 Å². The van der Waals surface area contributed by atoms with E-state index in [1.54, 1.807) is 12.1 Å². The zero-order valence-corrected chi connectivity index (χ0v) is 29.2. The summed E-state index contributed by atoms with van der Waals surface area (Å²) in [5.74, 6) is 0.980. The van der Waals surface area contributed by atoms with Gasteiger partial charge in [0.15, 0.2) is 5.65 Å². The standard InChI is InChI=1S/C39H41FN10O3/c40-31-18-25(44-32-11-13-34(51)45-39(32)52)8-12-33(31)49-21-28(22-49)48-19-27(20-48)47-16-14-26(15-17-47)50-38-35(37(41)42-23-43-38)36(46-50)24-6-9-30(10-7-24)53-29-4-2-1-3-5-29/h1-10,12,18,23,26-28,32,44H,11,13-17,19-22H2,(H2,41,42,43)(H,45,51,52). The number of aromatic nitrogens is 4. The molecule has 4 aliphatic rings. The quantitative estimate of drug-likeness (QED) is 0.186. The fourth-order valence-corrected chi connectivity index (χ4v) is 8.04. The average Bonchev–Trinajstić information content (AvgIpc) is 3.52. The number of nitrogen functional groups attached to an aromatic ring is 1. The van der Waals surface area contributed by atoms with Crippen molar-refractivity contribution in [2.24, 2.45) is 0 Å². The number of imide groups is 1. The number of piperidine rings is 2. The second kappa shape index (κ2) is 13.7. The van der Waals surface area contributed by atoms with Crippen LogP contribution in [-0.4, -0.2) is 98.8 Å². The highest BCUT2D eigenvalue weighted by atomic mass is 19.1. The third-order valence-electron chi connectivity index (χ3n) is 11.1. The lowest BCUT2D eigenvalue weighted by Crippen LogP contribution is -2.70. The molecule has 9 rings (SSSR count). The lowest BCUT2D eigenvalue weighted by atomic mass is 9.95. The summed E-state index contributed by atoms with van der Waals surface area (Å²) < 4.78 is 23.2. The Morgan fingerprint density at radius 2 is 1.57 bits per heavy atom. The number of anilines is 3. The molecule has 1 unspecified atom stereocenters. The Hall–Kier alpha value is -5.60. The van der Waals surface area contributed by atoms with E-state index in [0.29, 0.717) is 35.7 Å². The van der Waals surface area contributed by atoms with E-state index >= 15 is 4.39 Å². The molecule has 3 aromatic carbocycles. The molecule has 0 radical (unpaired) electrons. The molecule has 5 aromatic rings. The van der Waals surface area contributed by atoms with Gasteiger partial charge in [-0.2, -0.15) is 5.10 Å². The van der Waals surface area contributed by atoms with Crippen molar-refractivity contribution in [3.63, 3.8) is 0 Å². The Labute approximate surface area is 305 Å². The molecular formula is C39H41FN10O3. The monoisotopic (exact) mass is 716 g/mol. The Bertz CT molecular complexity index is 2140. The van der Waals surface area contributed by atoms with Gasteiger partial charge in [0.05, 0.1) is 17.1 Å². The van der Waals surface area contributed by atoms with E-state index in [4.69, 9.17) is 15.6 Å². The number of hydrogen-bond donors (Lipinski definition) is 3. The largest absolute Gasteiger partial charge is 0.457 e. The summed E-state index contributed by atoms with van der Waals surface area (Å²) in [5.41, 5.74) is 9.99. The number of likely N-dealkylation sites (tertiary alicyclic amines) is 2. The topological polar surface area (TPSA) is 147 Å². The predicted octanol–water partition coefficient (Wildman–Crippen LogP) is 4.43. The van der Waals surface area contributed by atoms with Crippen LogP contribution in [-0.2, 0) is 9.59 Å². The number of hydrogen-bond acceptors (Lipinski definition) is 11. The molecule has 4 N–H and O–H groups in total. The van der Waals surface area contributed by atoms with Crippen LogP contribution < -0.4 is 26.0 Å². The van der Waals surface area contributed by atoms with Crippen LogP contribution in [0.25, 0.3) is 22.3 Å². The molecule has 0 bridgehead atoms. The molecule has 0 spiro atoms. The average molecular weight is 717 g/mol. The normalized spacial score (nSPS) is 20.6. The van der Waals surface area contributed by atoms with Gasteiger partial charge < -0.3 is 20.7 Å². The number of rotatable bonds is 9. The van der Waals surface area contributed by atoms with E-state index in [9.17, 15) is 9.59 Å². The molecule has 53 heavy (non-hydrogen) atoms. The molecule has 14 heteroatoms. The Balaban J connectivity index is 0.779. The number of para-hydroxylation sites is 1. The summed E-state index contributed by atoms with van der Waals surface area (Å²) in [5, 5.41) is 11.3. The molecule has 13 nitrogen and oxygen atoms in total. The summed E-state index contributed by atoms with van der Waals surface area (Å²) in [7, 11) is 0. The molecule has 2 amide bonds. The van der Waals surface area contributed by atoms with Gasteiger partial charge in [0.25, 0.3) is 0 Å². The van der Waals surface area contributed by atoms with E-state index < -0.39 is 6.04 Å². The summed E-state index contributed by atoms with van der Waals surface area (Å²) in [6.07, 6.45) is 4.11. The number of amides is 2. The minimum atomic E-state index is -0.542. The van der Waals surface area contributed by atoms with E-state index in [1.165, 1.54) is 12.4 Å².